The summed E-state index contributed by atoms with van der Waals surface area (Å²) in [5.41, 5.74) is 4.56. The number of carbonyl (C=O) groups excluding carboxylic acids is 1. The van der Waals surface area contributed by atoms with Crippen LogP contribution in [-0.2, 0) is 6.61 Å². The van der Waals surface area contributed by atoms with Gasteiger partial charge in [0.1, 0.15) is 17.9 Å². The van der Waals surface area contributed by atoms with Crippen molar-refractivity contribution in [3.63, 3.8) is 0 Å². The minimum absolute atomic E-state index is 0.123. The highest BCUT2D eigenvalue weighted by Crippen LogP contribution is 2.37. The summed E-state index contributed by atoms with van der Waals surface area (Å²) in [6.07, 6.45) is 1.47. The number of amides is 1. The lowest BCUT2D eigenvalue weighted by molar-refractivity contribution is 0.0696. The summed E-state index contributed by atoms with van der Waals surface area (Å²) >= 11 is 3.50. The number of furan rings is 1. The summed E-state index contributed by atoms with van der Waals surface area (Å²) in [5, 5.41) is 14.0. The Labute approximate surface area is 227 Å². The number of carbonyl (C=O) groups is 2. The molecule has 38 heavy (non-hydrogen) atoms. The van der Waals surface area contributed by atoms with Gasteiger partial charge < -0.3 is 23.7 Å². The quantitative estimate of drug-likeness (QED) is 0.164. The number of hydrazone groups is 1. The summed E-state index contributed by atoms with van der Waals surface area (Å²) in [6.45, 7) is 4.83. The van der Waals surface area contributed by atoms with Crippen LogP contribution >= 0.6 is 15.9 Å². The summed E-state index contributed by atoms with van der Waals surface area (Å²) < 4.78 is 23.4. The van der Waals surface area contributed by atoms with Crippen LogP contribution < -0.4 is 19.6 Å². The Morgan fingerprint density at radius 2 is 1.84 bits per heavy atom. The fourth-order valence-corrected chi connectivity index (χ4v) is 4.20. The molecule has 3 aromatic carbocycles. The van der Waals surface area contributed by atoms with E-state index in [1.807, 2.05) is 19.9 Å². The van der Waals surface area contributed by atoms with Crippen molar-refractivity contribution in [1.29, 1.82) is 0 Å². The summed E-state index contributed by atoms with van der Waals surface area (Å²) in [5.74, 6) is 0.243. The second kappa shape index (κ2) is 12.3. The molecule has 0 aliphatic carbocycles. The minimum Gasteiger partial charge on any atom is -0.494 e. The molecule has 0 aliphatic rings. The SMILES string of the molecule is CCOc1ccc2oc(C(=O)N/N=C/c3cc(Br)c(OCc4cccc(C(=O)O)c4)c(OCC)c3)cc2c1. The number of hydrogen-bond acceptors (Lipinski definition) is 7. The maximum absolute atomic E-state index is 12.6. The van der Waals surface area contributed by atoms with E-state index >= 15 is 0 Å². The molecule has 1 aromatic heterocycles. The zero-order chi connectivity index (χ0) is 27.1. The molecule has 4 rings (SSSR count). The number of aromatic carboxylic acids is 1. The molecule has 9 nitrogen and oxygen atoms in total. The second-order valence-corrected chi connectivity index (χ2v) is 8.85. The maximum atomic E-state index is 12.6. The predicted molar refractivity (Wildman–Crippen MR) is 145 cm³/mol. The molecular formula is C28H25BrN2O7. The van der Waals surface area contributed by atoms with E-state index in [1.54, 1.807) is 48.5 Å². The van der Waals surface area contributed by atoms with Crippen molar-refractivity contribution in [3.05, 3.63) is 87.6 Å². The van der Waals surface area contributed by atoms with Crippen LogP contribution in [0.5, 0.6) is 17.2 Å². The van der Waals surface area contributed by atoms with E-state index in [0.717, 1.165) is 5.39 Å². The third-order valence-electron chi connectivity index (χ3n) is 5.29. The van der Waals surface area contributed by atoms with Gasteiger partial charge in [-0.3, -0.25) is 4.79 Å². The molecule has 0 bridgehead atoms. The van der Waals surface area contributed by atoms with Gasteiger partial charge >= 0.3 is 11.9 Å². The maximum Gasteiger partial charge on any atom is 0.335 e. The number of nitrogens with one attached hydrogen (secondary N) is 1. The van der Waals surface area contributed by atoms with Gasteiger partial charge in [0.25, 0.3) is 0 Å². The summed E-state index contributed by atoms with van der Waals surface area (Å²) in [6, 6.07) is 17.0. The number of halogens is 1. The van der Waals surface area contributed by atoms with Gasteiger partial charge in [-0.25, -0.2) is 10.2 Å². The first kappa shape index (κ1) is 26.7. The molecule has 1 heterocycles. The van der Waals surface area contributed by atoms with Crippen LogP contribution in [-0.4, -0.2) is 36.4 Å². The molecule has 0 aliphatic heterocycles. The highest BCUT2D eigenvalue weighted by molar-refractivity contribution is 9.10. The number of hydrogen-bond donors (Lipinski definition) is 2. The van der Waals surface area contributed by atoms with E-state index in [0.29, 0.717) is 51.6 Å². The first-order valence-corrected chi connectivity index (χ1v) is 12.6. The van der Waals surface area contributed by atoms with Crippen LogP contribution in [0, 0.1) is 0 Å². The molecule has 0 spiro atoms. The highest BCUT2D eigenvalue weighted by Gasteiger charge is 2.14. The topological polar surface area (TPSA) is 120 Å². The van der Waals surface area contributed by atoms with Crippen molar-refractivity contribution in [1.82, 2.24) is 5.43 Å². The lowest BCUT2D eigenvalue weighted by Crippen LogP contribution is -2.16. The van der Waals surface area contributed by atoms with Gasteiger partial charge in [0, 0.05) is 5.39 Å². The number of carboxylic acids is 1. The predicted octanol–water partition coefficient (Wildman–Crippen LogP) is 6.03. The van der Waals surface area contributed by atoms with Crippen molar-refractivity contribution < 1.29 is 33.3 Å². The molecule has 0 fully saturated rings. The van der Waals surface area contributed by atoms with Crippen LogP contribution in [0.15, 0.2) is 74.7 Å². The van der Waals surface area contributed by atoms with E-state index in [9.17, 15) is 14.7 Å². The number of fused-ring (bicyclic) bond motifs is 1. The van der Waals surface area contributed by atoms with Crippen LogP contribution in [0.4, 0.5) is 0 Å². The molecule has 4 aromatic rings. The van der Waals surface area contributed by atoms with Crippen LogP contribution in [0.2, 0.25) is 0 Å². The van der Waals surface area contributed by atoms with Crippen molar-refractivity contribution in [2.75, 3.05) is 13.2 Å². The fraction of sp³-hybridized carbons (Fsp3) is 0.179. The lowest BCUT2D eigenvalue weighted by atomic mass is 10.1. The largest absolute Gasteiger partial charge is 0.494 e. The molecule has 0 unspecified atom stereocenters. The monoisotopic (exact) mass is 580 g/mol. The van der Waals surface area contributed by atoms with Gasteiger partial charge in [-0.05, 0) is 89.4 Å². The molecular weight excluding hydrogens is 556 g/mol. The smallest absolute Gasteiger partial charge is 0.335 e. The van der Waals surface area contributed by atoms with Crippen molar-refractivity contribution in [3.8, 4) is 17.2 Å². The van der Waals surface area contributed by atoms with Crippen molar-refractivity contribution in [2.45, 2.75) is 20.5 Å². The average Bonchev–Trinajstić information content (AvgIpc) is 3.32. The number of carboxylic acid groups (broad SMARTS) is 1. The van der Waals surface area contributed by atoms with E-state index < -0.39 is 11.9 Å². The van der Waals surface area contributed by atoms with Crippen molar-refractivity contribution in [2.24, 2.45) is 5.10 Å². The Bertz CT molecular complexity index is 1500. The molecule has 196 valence electrons. The van der Waals surface area contributed by atoms with E-state index in [2.05, 4.69) is 26.5 Å². The standard InChI is InChI=1S/C28H25BrN2O7/c1-3-35-21-8-9-23-20(13-21)14-25(38-23)27(32)31-30-15-18-11-22(29)26(24(12-18)36-4-2)37-16-17-6-5-7-19(10-17)28(33)34/h5-15H,3-4,16H2,1-2H3,(H,31,32)(H,33,34)/b30-15+. The van der Waals surface area contributed by atoms with Gasteiger partial charge in [0.15, 0.2) is 17.3 Å². The molecule has 0 saturated heterocycles. The van der Waals surface area contributed by atoms with Gasteiger partial charge in [-0.15, -0.1) is 0 Å². The van der Waals surface area contributed by atoms with E-state index in [4.69, 9.17) is 18.6 Å². The summed E-state index contributed by atoms with van der Waals surface area (Å²) in [7, 11) is 0. The Hall–Kier alpha value is -4.31. The average molecular weight is 581 g/mol. The first-order chi connectivity index (χ1) is 18.4. The van der Waals surface area contributed by atoms with Gasteiger partial charge in [0.05, 0.1) is 29.5 Å². The fourth-order valence-electron chi connectivity index (χ4n) is 3.63. The molecule has 0 saturated carbocycles. The lowest BCUT2D eigenvalue weighted by Gasteiger charge is -2.15. The van der Waals surface area contributed by atoms with Gasteiger partial charge in [-0.2, -0.15) is 5.10 Å². The molecule has 10 heteroatoms. The first-order valence-electron chi connectivity index (χ1n) is 11.8. The molecule has 1 amide bonds. The summed E-state index contributed by atoms with van der Waals surface area (Å²) in [4.78, 5) is 23.8. The van der Waals surface area contributed by atoms with Crippen LogP contribution in [0.3, 0.4) is 0 Å². The van der Waals surface area contributed by atoms with Crippen LogP contribution in [0.1, 0.15) is 45.9 Å². The van der Waals surface area contributed by atoms with Crippen molar-refractivity contribution >= 4 is 45.0 Å². The van der Waals surface area contributed by atoms with Gasteiger partial charge in [0.2, 0.25) is 0 Å². The molecule has 0 radical (unpaired) electrons. The zero-order valence-corrected chi connectivity index (χ0v) is 22.3. The zero-order valence-electron chi connectivity index (χ0n) is 20.7. The van der Waals surface area contributed by atoms with Gasteiger partial charge in [-0.1, -0.05) is 12.1 Å². The number of rotatable bonds is 11. The Morgan fingerprint density at radius 3 is 2.61 bits per heavy atom. The molecule has 2 N–H and O–H groups in total. The van der Waals surface area contributed by atoms with Crippen LogP contribution in [0.25, 0.3) is 11.0 Å². The molecule has 0 atom stereocenters. The third-order valence-corrected chi connectivity index (χ3v) is 5.88. The normalized spacial score (nSPS) is 11.0. The second-order valence-electron chi connectivity index (χ2n) is 8.00. The highest BCUT2D eigenvalue weighted by atomic mass is 79.9. The number of nitrogens with zero attached hydrogens (tertiary/aromatic N) is 1. The Morgan fingerprint density at radius 1 is 1.03 bits per heavy atom. The third kappa shape index (κ3) is 6.51. The Balaban J connectivity index is 1.45. The Kier molecular flexibility index (Phi) is 8.65. The minimum atomic E-state index is -1.00. The van der Waals surface area contributed by atoms with E-state index in [-0.39, 0.29) is 17.9 Å². The van der Waals surface area contributed by atoms with E-state index in [1.165, 1.54) is 12.3 Å². The number of benzene rings is 3. The number of ether oxygens (including phenoxy) is 3.